The molecule has 0 unspecified atom stereocenters. The van der Waals surface area contributed by atoms with E-state index in [4.69, 9.17) is 10.5 Å². The number of carboxylic acid groups (broad SMARTS) is 1. The lowest BCUT2D eigenvalue weighted by Crippen LogP contribution is -2.68. The Morgan fingerprint density at radius 1 is 1.04 bits per heavy atom. The zero-order valence-electron chi connectivity index (χ0n) is 17.4. The van der Waals surface area contributed by atoms with Crippen molar-refractivity contribution in [3.63, 3.8) is 0 Å². The molecule has 1 saturated heterocycles. The van der Waals surface area contributed by atoms with Crippen molar-refractivity contribution in [1.29, 1.82) is 0 Å². The molecule has 0 amide bonds. The van der Waals surface area contributed by atoms with Crippen LogP contribution in [0.2, 0.25) is 0 Å². The van der Waals surface area contributed by atoms with Gasteiger partial charge in [-0.3, -0.25) is 4.79 Å². The molecular weight excluding hydrogens is 354 g/mol. The maximum Gasteiger partial charge on any atom is 0.303 e. The number of aliphatic carboxylic acids is 1. The van der Waals surface area contributed by atoms with E-state index in [1.807, 2.05) is 0 Å². The molecule has 5 nitrogen and oxygen atoms in total. The quantitative estimate of drug-likeness (QED) is 0.669. The normalized spacial score (nSPS) is 57.8. The highest BCUT2D eigenvalue weighted by Crippen LogP contribution is 2.73. The maximum absolute atomic E-state index is 11.5. The van der Waals surface area contributed by atoms with Crippen molar-refractivity contribution >= 4 is 5.97 Å². The number of carbonyl (C=O) groups is 1. The summed E-state index contributed by atoms with van der Waals surface area (Å²) in [4.78, 5) is 11.5. The van der Waals surface area contributed by atoms with Gasteiger partial charge < -0.3 is 20.7 Å². The summed E-state index contributed by atoms with van der Waals surface area (Å²) in [5, 5.41) is 19.7. The summed E-state index contributed by atoms with van der Waals surface area (Å²) in [6.07, 6.45) is 9.42. The number of hydrogen-bond donors (Lipinski definition) is 3. The number of aliphatic hydroxyl groups excluding tert-OH is 1. The van der Waals surface area contributed by atoms with Crippen molar-refractivity contribution in [2.75, 3.05) is 0 Å². The zero-order valence-corrected chi connectivity index (χ0v) is 17.4. The molecule has 4 N–H and O–H groups in total. The molecule has 0 aromatic rings. The molecule has 5 aliphatic rings. The number of carboxylic acids is 1. The molecule has 5 heteroatoms. The number of nitrogens with two attached hydrogens (primary N) is 1. The molecule has 158 valence electrons. The molecule has 10 atom stereocenters. The first-order chi connectivity index (χ1) is 13.2. The fourth-order valence-electron chi connectivity index (χ4n) is 9.20. The monoisotopic (exact) mass is 391 g/mol. The van der Waals surface area contributed by atoms with E-state index in [2.05, 4.69) is 13.8 Å². The number of fused-ring (bicyclic) bond motifs is 3. The van der Waals surface area contributed by atoms with E-state index in [1.165, 1.54) is 19.3 Å². The van der Waals surface area contributed by atoms with Gasteiger partial charge >= 0.3 is 5.97 Å². The molecule has 5 fully saturated rings. The molecule has 0 aromatic carbocycles. The van der Waals surface area contributed by atoms with Crippen LogP contribution in [0.3, 0.4) is 0 Å². The first-order valence-corrected chi connectivity index (χ1v) is 11.5. The van der Waals surface area contributed by atoms with Gasteiger partial charge in [0.15, 0.2) is 0 Å². The van der Waals surface area contributed by atoms with Crippen LogP contribution in [0.1, 0.15) is 78.1 Å². The molecular formula is C23H37NO4. The highest BCUT2D eigenvalue weighted by Gasteiger charge is 2.72. The third-order valence-corrected chi connectivity index (χ3v) is 10.5. The minimum absolute atomic E-state index is 0.0571. The number of rotatable bonds is 2. The summed E-state index contributed by atoms with van der Waals surface area (Å²) in [5.74, 6) is 1.36. The van der Waals surface area contributed by atoms with Gasteiger partial charge in [0.05, 0.1) is 18.1 Å². The smallest absolute Gasteiger partial charge is 0.303 e. The lowest BCUT2D eigenvalue weighted by atomic mass is 9.42. The minimum atomic E-state index is -0.755. The summed E-state index contributed by atoms with van der Waals surface area (Å²) >= 11 is 0. The van der Waals surface area contributed by atoms with Gasteiger partial charge in [0.2, 0.25) is 0 Å². The van der Waals surface area contributed by atoms with Crippen LogP contribution in [0.25, 0.3) is 0 Å². The van der Waals surface area contributed by atoms with Crippen LogP contribution >= 0.6 is 0 Å². The second kappa shape index (κ2) is 6.18. The number of ether oxygens (including phenoxy) is 1. The van der Waals surface area contributed by atoms with Crippen LogP contribution in [0.5, 0.6) is 0 Å². The van der Waals surface area contributed by atoms with Gasteiger partial charge in [-0.1, -0.05) is 13.8 Å². The Labute approximate surface area is 168 Å². The predicted octanol–water partition coefficient (Wildman–Crippen LogP) is 3.53. The Morgan fingerprint density at radius 2 is 1.79 bits per heavy atom. The summed E-state index contributed by atoms with van der Waals surface area (Å²) in [6, 6.07) is 0. The van der Waals surface area contributed by atoms with Crippen LogP contribution in [0, 0.1) is 40.4 Å². The Hall–Kier alpha value is -0.650. The second-order valence-corrected chi connectivity index (χ2v) is 11.3. The average molecular weight is 392 g/mol. The Bertz CT molecular complexity index is 669. The van der Waals surface area contributed by atoms with Crippen molar-refractivity contribution < 1.29 is 19.7 Å². The molecule has 2 bridgehead atoms. The molecule has 1 aliphatic heterocycles. The average Bonchev–Trinajstić information content (AvgIpc) is 2.83. The number of hydrogen-bond acceptors (Lipinski definition) is 4. The molecule has 4 aliphatic carbocycles. The van der Waals surface area contributed by atoms with Gasteiger partial charge in [-0.15, -0.1) is 0 Å². The van der Waals surface area contributed by atoms with Crippen LogP contribution in [0.15, 0.2) is 0 Å². The van der Waals surface area contributed by atoms with E-state index in [-0.39, 0.29) is 29.5 Å². The van der Waals surface area contributed by atoms with Crippen LogP contribution < -0.4 is 5.73 Å². The summed E-state index contributed by atoms with van der Waals surface area (Å²) in [6.45, 7) is 4.88. The van der Waals surface area contributed by atoms with Crippen LogP contribution in [-0.4, -0.2) is 34.1 Å². The van der Waals surface area contributed by atoms with Crippen LogP contribution in [0.4, 0.5) is 0 Å². The third kappa shape index (κ3) is 2.33. The molecule has 28 heavy (non-hydrogen) atoms. The second-order valence-electron chi connectivity index (χ2n) is 11.3. The lowest BCUT2D eigenvalue weighted by Gasteiger charge is -2.67. The van der Waals surface area contributed by atoms with Crippen molar-refractivity contribution in [3.8, 4) is 0 Å². The molecule has 0 spiro atoms. The summed E-state index contributed by atoms with van der Waals surface area (Å²) in [7, 11) is 0. The fourth-order valence-corrected chi connectivity index (χ4v) is 9.20. The van der Waals surface area contributed by atoms with Gasteiger partial charge in [0.1, 0.15) is 6.23 Å². The Kier molecular flexibility index (Phi) is 4.26. The van der Waals surface area contributed by atoms with Gasteiger partial charge in [0.25, 0.3) is 0 Å². The van der Waals surface area contributed by atoms with Gasteiger partial charge in [-0.25, -0.2) is 0 Å². The van der Waals surface area contributed by atoms with Gasteiger partial charge in [-0.2, -0.15) is 0 Å². The van der Waals surface area contributed by atoms with E-state index in [9.17, 15) is 15.0 Å². The van der Waals surface area contributed by atoms with Gasteiger partial charge in [-0.05, 0) is 86.9 Å². The van der Waals surface area contributed by atoms with E-state index in [0.717, 1.165) is 38.5 Å². The number of aliphatic hydroxyl groups is 1. The Morgan fingerprint density at radius 3 is 2.54 bits per heavy atom. The highest BCUT2D eigenvalue weighted by molar-refractivity contribution is 5.67. The molecule has 0 radical (unpaired) electrons. The highest BCUT2D eigenvalue weighted by atomic mass is 16.5. The SMILES string of the molecule is C[C@]12CC[C@H](O)C[C@H]1CC[C@@H]1[C@@H]2CC[C@]2(C)[C@@H]3CC[C@]12O[C@H](N)[C@@H]3CC(=O)O. The molecule has 0 aromatic heterocycles. The van der Waals surface area contributed by atoms with E-state index < -0.39 is 12.2 Å². The minimum Gasteiger partial charge on any atom is -0.481 e. The first kappa shape index (κ1) is 19.3. The fraction of sp³-hybridized carbons (Fsp3) is 0.957. The summed E-state index contributed by atoms with van der Waals surface area (Å²) in [5.41, 5.74) is 6.69. The maximum atomic E-state index is 11.5. The van der Waals surface area contributed by atoms with E-state index >= 15 is 0 Å². The summed E-state index contributed by atoms with van der Waals surface area (Å²) < 4.78 is 6.77. The van der Waals surface area contributed by atoms with Crippen molar-refractivity contribution in [3.05, 3.63) is 0 Å². The first-order valence-electron chi connectivity index (χ1n) is 11.5. The van der Waals surface area contributed by atoms with Crippen molar-refractivity contribution in [1.82, 2.24) is 0 Å². The largest absolute Gasteiger partial charge is 0.481 e. The van der Waals surface area contributed by atoms with E-state index in [1.54, 1.807) is 0 Å². The Balaban J connectivity index is 1.49. The lowest BCUT2D eigenvalue weighted by molar-refractivity contribution is -0.289. The third-order valence-electron chi connectivity index (χ3n) is 10.5. The van der Waals surface area contributed by atoms with E-state index in [0.29, 0.717) is 29.1 Å². The van der Waals surface area contributed by atoms with Crippen molar-refractivity contribution in [2.45, 2.75) is 96.0 Å². The van der Waals surface area contributed by atoms with Crippen molar-refractivity contribution in [2.24, 2.45) is 46.2 Å². The van der Waals surface area contributed by atoms with Crippen LogP contribution in [-0.2, 0) is 9.53 Å². The standard InChI is InChI=1S/C23H37NO4/c1-21-8-5-14(25)11-13(21)3-4-18-17(21)6-9-22(2)16-7-10-23(18,22)28-20(24)15(16)12-19(26)27/h13-18,20,25H,3-12,24H2,1-2H3,(H,26,27)/t13-,14+,15-,16-,17+,18-,20+,21+,22-,23+/m1/s1. The van der Waals surface area contributed by atoms with Gasteiger partial charge in [0, 0.05) is 11.3 Å². The molecule has 1 heterocycles. The predicted molar refractivity (Wildman–Crippen MR) is 105 cm³/mol. The zero-order chi connectivity index (χ0) is 19.9. The molecule has 5 rings (SSSR count). The molecule has 4 saturated carbocycles. The topological polar surface area (TPSA) is 92.8 Å².